The highest BCUT2D eigenvalue weighted by atomic mass is 32.2. The number of hydrogen-bond acceptors (Lipinski definition) is 6. The molecule has 7 heteroatoms. The van der Waals surface area contributed by atoms with E-state index in [0.717, 1.165) is 15.9 Å². The molecule has 4 rings (SSSR count). The summed E-state index contributed by atoms with van der Waals surface area (Å²) in [5.41, 5.74) is 1.22. The number of hydrogen-bond donors (Lipinski definition) is 0. The fraction of sp³-hybridized carbons (Fsp3) is 0.500. The monoisotopic (exact) mass is 347 g/mol. The van der Waals surface area contributed by atoms with E-state index in [4.69, 9.17) is 0 Å². The van der Waals surface area contributed by atoms with Crippen LogP contribution in [0, 0.1) is 0 Å². The van der Waals surface area contributed by atoms with Gasteiger partial charge in [0.25, 0.3) is 0 Å². The Morgan fingerprint density at radius 1 is 1.13 bits per heavy atom. The molecule has 0 atom stereocenters. The largest absolute Gasteiger partial charge is 0.304 e. The van der Waals surface area contributed by atoms with Crippen LogP contribution in [-0.4, -0.2) is 69.9 Å². The minimum absolute atomic E-state index is 0.993. The molecule has 0 radical (unpaired) electrons. The molecule has 0 amide bonds. The van der Waals surface area contributed by atoms with Crippen LogP contribution in [0.3, 0.4) is 0 Å². The molecular formula is C16H21N5S2. The van der Waals surface area contributed by atoms with Crippen molar-refractivity contribution in [3.8, 4) is 0 Å². The zero-order chi connectivity index (χ0) is 15.6. The van der Waals surface area contributed by atoms with Crippen molar-refractivity contribution in [1.82, 2.24) is 24.4 Å². The van der Waals surface area contributed by atoms with E-state index in [1.165, 1.54) is 49.4 Å². The Labute approximate surface area is 144 Å². The number of thiazole rings is 1. The number of rotatable bonds is 5. The number of piperazine rings is 1. The van der Waals surface area contributed by atoms with E-state index in [1.807, 2.05) is 11.8 Å². The Morgan fingerprint density at radius 3 is 2.83 bits per heavy atom. The summed E-state index contributed by atoms with van der Waals surface area (Å²) < 4.78 is 3.47. The van der Waals surface area contributed by atoms with Crippen LogP contribution in [0.2, 0.25) is 0 Å². The number of fused-ring (bicyclic) bond motifs is 3. The van der Waals surface area contributed by atoms with Gasteiger partial charge in [-0.05, 0) is 32.1 Å². The molecule has 0 spiro atoms. The van der Waals surface area contributed by atoms with Crippen LogP contribution in [0.5, 0.6) is 0 Å². The van der Waals surface area contributed by atoms with Gasteiger partial charge in [-0.2, -0.15) is 0 Å². The lowest BCUT2D eigenvalue weighted by Gasteiger charge is -2.32. The first-order chi connectivity index (χ1) is 11.3. The maximum absolute atomic E-state index is 4.37. The van der Waals surface area contributed by atoms with Gasteiger partial charge in [-0.25, -0.2) is 0 Å². The van der Waals surface area contributed by atoms with Gasteiger partial charge in [-0.1, -0.05) is 35.2 Å². The minimum Gasteiger partial charge on any atom is -0.304 e. The van der Waals surface area contributed by atoms with Gasteiger partial charge < -0.3 is 9.80 Å². The second-order valence-electron chi connectivity index (χ2n) is 6.02. The smallest absolute Gasteiger partial charge is 0.217 e. The first kappa shape index (κ1) is 15.4. The van der Waals surface area contributed by atoms with Crippen molar-refractivity contribution in [3.05, 3.63) is 24.3 Å². The second kappa shape index (κ2) is 6.76. The summed E-state index contributed by atoms with van der Waals surface area (Å²) in [6.07, 6.45) is 1.20. The summed E-state index contributed by atoms with van der Waals surface area (Å²) in [6.45, 7) is 5.97. The molecule has 0 aliphatic carbocycles. The van der Waals surface area contributed by atoms with E-state index in [9.17, 15) is 0 Å². The molecule has 0 unspecified atom stereocenters. The number of aromatic nitrogens is 3. The Balaban J connectivity index is 1.37. The third-order valence-corrected chi connectivity index (χ3v) is 6.38. The normalized spacial score (nSPS) is 17.4. The van der Waals surface area contributed by atoms with Gasteiger partial charge in [0.05, 0.1) is 10.2 Å². The third kappa shape index (κ3) is 3.24. The number of likely N-dealkylation sites (N-methyl/N-ethyl adjacent to an activating group) is 1. The Morgan fingerprint density at radius 2 is 1.96 bits per heavy atom. The highest BCUT2D eigenvalue weighted by Gasteiger charge is 2.14. The molecule has 3 heterocycles. The van der Waals surface area contributed by atoms with E-state index in [1.54, 1.807) is 11.3 Å². The molecule has 1 aliphatic heterocycles. The molecule has 1 saturated heterocycles. The summed E-state index contributed by atoms with van der Waals surface area (Å²) in [7, 11) is 2.20. The average Bonchev–Trinajstić information content (AvgIpc) is 3.13. The van der Waals surface area contributed by atoms with Crippen LogP contribution < -0.4 is 0 Å². The molecule has 1 fully saturated rings. The zero-order valence-electron chi connectivity index (χ0n) is 13.3. The SMILES string of the molecule is CN1CCN(CCCSc2nnc3sc4ccccc4n23)CC1. The van der Waals surface area contributed by atoms with Gasteiger partial charge >= 0.3 is 0 Å². The lowest BCUT2D eigenvalue weighted by molar-refractivity contribution is 0.154. The van der Waals surface area contributed by atoms with Crippen LogP contribution >= 0.6 is 23.1 Å². The Hall–Kier alpha value is -1.15. The highest BCUT2D eigenvalue weighted by molar-refractivity contribution is 7.99. The number of nitrogens with zero attached hydrogens (tertiary/aromatic N) is 5. The molecule has 3 aromatic rings. The van der Waals surface area contributed by atoms with Crippen molar-refractivity contribution in [2.75, 3.05) is 45.5 Å². The van der Waals surface area contributed by atoms with Crippen molar-refractivity contribution in [3.63, 3.8) is 0 Å². The molecule has 122 valence electrons. The summed E-state index contributed by atoms with van der Waals surface area (Å²) >= 11 is 3.53. The van der Waals surface area contributed by atoms with Crippen molar-refractivity contribution < 1.29 is 0 Å². The highest BCUT2D eigenvalue weighted by Crippen LogP contribution is 2.29. The molecule has 0 saturated carbocycles. The molecular weight excluding hydrogens is 326 g/mol. The third-order valence-electron chi connectivity index (χ3n) is 4.36. The van der Waals surface area contributed by atoms with Crippen LogP contribution in [0.4, 0.5) is 0 Å². The zero-order valence-corrected chi connectivity index (χ0v) is 14.9. The molecule has 23 heavy (non-hydrogen) atoms. The van der Waals surface area contributed by atoms with Gasteiger partial charge in [0.2, 0.25) is 4.96 Å². The Kier molecular flexibility index (Phi) is 4.52. The molecule has 0 N–H and O–H groups in total. The minimum atomic E-state index is 0.993. The van der Waals surface area contributed by atoms with Crippen molar-refractivity contribution in [2.45, 2.75) is 11.6 Å². The van der Waals surface area contributed by atoms with Crippen molar-refractivity contribution in [1.29, 1.82) is 0 Å². The quantitative estimate of drug-likeness (QED) is 0.524. The lowest BCUT2D eigenvalue weighted by Crippen LogP contribution is -2.44. The second-order valence-corrected chi connectivity index (χ2v) is 8.09. The fourth-order valence-electron chi connectivity index (χ4n) is 2.97. The first-order valence-electron chi connectivity index (χ1n) is 8.07. The lowest BCUT2D eigenvalue weighted by atomic mass is 10.3. The summed E-state index contributed by atoms with van der Waals surface area (Å²) in [5.74, 6) is 1.09. The topological polar surface area (TPSA) is 36.7 Å². The van der Waals surface area contributed by atoms with E-state index in [2.05, 4.69) is 55.7 Å². The summed E-state index contributed by atoms with van der Waals surface area (Å²) in [5, 5.41) is 9.72. The van der Waals surface area contributed by atoms with E-state index >= 15 is 0 Å². The number of thioether (sulfide) groups is 1. The Bertz CT molecular complexity index is 788. The average molecular weight is 348 g/mol. The molecule has 1 aromatic carbocycles. The van der Waals surface area contributed by atoms with Crippen molar-refractivity contribution >= 4 is 38.3 Å². The maximum atomic E-state index is 4.37. The van der Waals surface area contributed by atoms with E-state index in [-0.39, 0.29) is 0 Å². The first-order valence-corrected chi connectivity index (χ1v) is 9.88. The van der Waals surface area contributed by atoms with Crippen LogP contribution in [-0.2, 0) is 0 Å². The molecule has 5 nitrogen and oxygen atoms in total. The van der Waals surface area contributed by atoms with Gasteiger partial charge in [0.15, 0.2) is 5.16 Å². The van der Waals surface area contributed by atoms with Crippen molar-refractivity contribution in [2.24, 2.45) is 0 Å². The van der Waals surface area contributed by atoms with E-state index < -0.39 is 0 Å². The standard InChI is InChI=1S/C16H21N5S2/c1-19-8-10-20(11-9-19)7-4-12-22-15-17-18-16-21(15)13-5-2-3-6-14(13)23-16/h2-3,5-6H,4,7-12H2,1H3. The van der Waals surface area contributed by atoms with Gasteiger partial charge in [0, 0.05) is 31.9 Å². The number of benzene rings is 1. The predicted octanol–water partition coefficient (Wildman–Crippen LogP) is 2.67. The maximum Gasteiger partial charge on any atom is 0.217 e. The number of para-hydroxylation sites is 1. The van der Waals surface area contributed by atoms with Crippen LogP contribution in [0.25, 0.3) is 15.2 Å². The van der Waals surface area contributed by atoms with Gasteiger partial charge in [-0.15, -0.1) is 10.2 Å². The molecule has 2 aromatic heterocycles. The van der Waals surface area contributed by atoms with Crippen LogP contribution in [0.1, 0.15) is 6.42 Å². The van der Waals surface area contributed by atoms with E-state index in [0.29, 0.717) is 0 Å². The predicted molar refractivity (Wildman–Crippen MR) is 97.6 cm³/mol. The van der Waals surface area contributed by atoms with Gasteiger partial charge in [-0.3, -0.25) is 4.40 Å². The fourth-order valence-corrected chi connectivity index (χ4v) is 4.86. The molecule has 0 bridgehead atoms. The summed E-state index contributed by atoms with van der Waals surface area (Å²) in [6, 6.07) is 8.46. The van der Waals surface area contributed by atoms with Crippen LogP contribution in [0.15, 0.2) is 29.4 Å². The molecule has 1 aliphatic rings. The summed E-state index contributed by atoms with van der Waals surface area (Å²) in [4.78, 5) is 5.97. The van der Waals surface area contributed by atoms with Gasteiger partial charge in [0.1, 0.15) is 0 Å².